The zero-order chi connectivity index (χ0) is 21.2. The number of rotatable bonds is 3. The quantitative estimate of drug-likeness (QED) is 0.593. The Balaban J connectivity index is 1.43. The van der Waals surface area contributed by atoms with Gasteiger partial charge < -0.3 is 0 Å². The second-order valence-corrected chi connectivity index (χ2v) is 9.78. The minimum Gasteiger partial charge on any atom is -0.272 e. The molecule has 1 aliphatic heterocycles. The van der Waals surface area contributed by atoms with Crippen LogP contribution in [0.25, 0.3) is 11.1 Å². The van der Waals surface area contributed by atoms with Crippen LogP contribution < -0.4 is 5.43 Å². The molecule has 0 unspecified atom stereocenters. The molecule has 154 valence electrons. The largest absolute Gasteiger partial charge is 0.272 e. The molecule has 1 aromatic carbocycles. The number of imide groups is 1. The summed E-state index contributed by atoms with van der Waals surface area (Å²) in [6, 6.07) is 9.71. The molecule has 3 fully saturated rings. The molecule has 0 radical (unpaired) electrons. The second-order valence-electron chi connectivity index (χ2n) is 8.70. The van der Waals surface area contributed by atoms with Crippen LogP contribution >= 0.6 is 11.3 Å². The summed E-state index contributed by atoms with van der Waals surface area (Å²) in [4.78, 5) is 40.4. The molecule has 2 heterocycles. The molecule has 1 aromatic heterocycles. The van der Waals surface area contributed by atoms with Crippen molar-refractivity contribution in [3.8, 4) is 11.1 Å². The summed E-state index contributed by atoms with van der Waals surface area (Å²) < 4.78 is 0. The highest BCUT2D eigenvalue weighted by molar-refractivity contribution is 7.10. The average molecular weight is 421 g/mol. The van der Waals surface area contributed by atoms with Crippen LogP contribution in [0.1, 0.15) is 41.9 Å². The fraction of sp³-hybridized carbons (Fsp3) is 0.375. The SMILES string of the molecule is CC(C)=C1[C@H]2CC[C@@H]1[C@@H]1C(=O)N(NC(=O)c3csc(C)c3-c3ccccc3)C(=O)[C@H]12. The lowest BCUT2D eigenvalue weighted by atomic mass is 9.81. The number of carbonyl (C=O) groups is 3. The maximum absolute atomic E-state index is 13.2. The summed E-state index contributed by atoms with van der Waals surface area (Å²) in [5, 5.41) is 2.80. The first-order valence-corrected chi connectivity index (χ1v) is 11.3. The monoisotopic (exact) mass is 420 g/mol. The van der Waals surface area contributed by atoms with E-state index in [0.29, 0.717) is 5.56 Å². The van der Waals surface area contributed by atoms with E-state index < -0.39 is 5.91 Å². The number of benzene rings is 1. The van der Waals surface area contributed by atoms with Gasteiger partial charge in [0.25, 0.3) is 17.7 Å². The molecule has 2 aliphatic carbocycles. The molecule has 5 rings (SSSR count). The highest BCUT2D eigenvalue weighted by Crippen LogP contribution is 2.59. The fourth-order valence-electron chi connectivity index (χ4n) is 5.85. The topological polar surface area (TPSA) is 66.5 Å². The number of fused-ring (bicyclic) bond motifs is 5. The summed E-state index contributed by atoms with van der Waals surface area (Å²) in [5.41, 5.74) is 7.47. The Labute approximate surface area is 179 Å². The third kappa shape index (κ3) is 2.63. The van der Waals surface area contributed by atoms with Gasteiger partial charge >= 0.3 is 0 Å². The lowest BCUT2D eigenvalue weighted by Gasteiger charge is -2.19. The van der Waals surface area contributed by atoms with Crippen molar-refractivity contribution in [3.05, 3.63) is 57.3 Å². The summed E-state index contributed by atoms with van der Waals surface area (Å²) in [5.74, 6) is -1.26. The van der Waals surface area contributed by atoms with Crippen LogP contribution in [0.2, 0.25) is 0 Å². The standard InChI is InChI=1S/C24H24N2O3S/c1-12(2)18-15-9-10-16(18)21-20(15)23(28)26(24(21)29)25-22(27)17-11-30-13(3)19(17)14-7-5-4-6-8-14/h4-8,11,15-16,20-21H,9-10H2,1-3H3,(H,25,27)/t15-,16+,20-,21-/m0/s1. The Morgan fingerprint density at radius 3 is 2.20 bits per heavy atom. The number of hydrogen-bond acceptors (Lipinski definition) is 4. The van der Waals surface area contributed by atoms with E-state index in [1.54, 1.807) is 5.38 Å². The number of aryl methyl sites for hydroxylation is 1. The molecule has 1 saturated heterocycles. The van der Waals surface area contributed by atoms with Gasteiger partial charge in [0.15, 0.2) is 0 Å². The van der Waals surface area contributed by atoms with Crippen LogP contribution in [0.5, 0.6) is 0 Å². The van der Waals surface area contributed by atoms with E-state index >= 15 is 0 Å². The number of hydrogen-bond donors (Lipinski definition) is 1. The molecule has 4 atom stereocenters. The number of nitrogens with zero attached hydrogens (tertiary/aromatic N) is 1. The third-order valence-corrected chi connectivity index (χ3v) is 7.84. The van der Waals surface area contributed by atoms with Crippen LogP contribution in [0.4, 0.5) is 0 Å². The van der Waals surface area contributed by atoms with Gasteiger partial charge in [0.2, 0.25) is 0 Å². The lowest BCUT2D eigenvalue weighted by Crippen LogP contribution is -2.47. The first kappa shape index (κ1) is 19.2. The lowest BCUT2D eigenvalue weighted by molar-refractivity contribution is -0.143. The normalized spacial score (nSPS) is 27.0. The Bertz CT molecular complexity index is 1060. The molecule has 0 spiro atoms. The number of hydrazine groups is 1. The van der Waals surface area contributed by atoms with Gasteiger partial charge in [0.1, 0.15) is 0 Å². The Kier molecular flexibility index (Phi) is 4.43. The Morgan fingerprint density at radius 2 is 1.63 bits per heavy atom. The zero-order valence-electron chi connectivity index (χ0n) is 17.3. The molecule has 3 amide bonds. The van der Waals surface area contributed by atoms with Crippen molar-refractivity contribution >= 4 is 29.1 Å². The highest BCUT2D eigenvalue weighted by Gasteiger charge is 2.63. The van der Waals surface area contributed by atoms with Crippen molar-refractivity contribution in [2.45, 2.75) is 33.6 Å². The van der Waals surface area contributed by atoms with Crippen LogP contribution in [0.15, 0.2) is 46.9 Å². The minimum atomic E-state index is -0.408. The average Bonchev–Trinajstić information content (AvgIpc) is 3.46. The van der Waals surface area contributed by atoms with E-state index in [-0.39, 0.29) is 35.5 Å². The van der Waals surface area contributed by atoms with Crippen LogP contribution in [-0.4, -0.2) is 22.7 Å². The second kappa shape index (κ2) is 6.91. The van der Waals surface area contributed by atoms with Crippen LogP contribution in [-0.2, 0) is 9.59 Å². The van der Waals surface area contributed by atoms with E-state index in [9.17, 15) is 14.4 Å². The predicted octanol–water partition coefficient (Wildman–Crippen LogP) is 4.35. The van der Waals surface area contributed by atoms with E-state index in [4.69, 9.17) is 0 Å². The van der Waals surface area contributed by atoms with Gasteiger partial charge in [-0.1, -0.05) is 41.5 Å². The van der Waals surface area contributed by atoms with Crippen molar-refractivity contribution in [2.75, 3.05) is 0 Å². The maximum Gasteiger partial charge on any atom is 0.271 e. The summed E-state index contributed by atoms with van der Waals surface area (Å²) >= 11 is 1.49. The van der Waals surface area contributed by atoms with Crippen molar-refractivity contribution in [1.29, 1.82) is 0 Å². The molecule has 30 heavy (non-hydrogen) atoms. The molecule has 2 bridgehead atoms. The van der Waals surface area contributed by atoms with Crippen molar-refractivity contribution in [3.63, 3.8) is 0 Å². The summed E-state index contributed by atoms with van der Waals surface area (Å²) in [6.07, 6.45) is 1.91. The van der Waals surface area contributed by atoms with Gasteiger partial charge in [-0.05, 0) is 51.0 Å². The van der Waals surface area contributed by atoms with Crippen molar-refractivity contribution in [2.24, 2.45) is 23.7 Å². The third-order valence-electron chi connectivity index (χ3n) is 6.93. The smallest absolute Gasteiger partial charge is 0.271 e. The number of thiophene rings is 1. The van der Waals surface area contributed by atoms with Gasteiger partial charge in [-0.15, -0.1) is 11.3 Å². The number of carbonyl (C=O) groups excluding carboxylic acids is 3. The van der Waals surface area contributed by atoms with Gasteiger partial charge in [0.05, 0.1) is 17.4 Å². The Hall–Kier alpha value is -2.73. The van der Waals surface area contributed by atoms with Gasteiger partial charge in [0, 0.05) is 15.8 Å². The molecule has 2 saturated carbocycles. The van der Waals surface area contributed by atoms with E-state index in [0.717, 1.165) is 33.9 Å². The maximum atomic E-state index is 13.2. The molecular formula is C24H24N2O3S. The van der Waals surface area contributed by atoms with Crippen LogP contribution in [0.3, 0.4) is 0 Å². The number of amides is 3. The first-order valence-electron chi connectivity index (χ1n) is 10.4. The Morgan fingerprint density at radius 1 is 1.03 bits per heavy atom. The zero-order valence-corrected chi connectivity index (χ0v) is 18.1. The molecule has 2 aromatic rings. The number of nitrogens with one attached hydrogen (secondary N) is 1. The van der Waals surface area contributed by atoms with E-state index in [2.05, 4.69) is 19.3 Å². The molecule has 1 N–H and O–H groups in total. The van der Waals surface area contributed by atoms with Crippen molar-refractivity contribution < 1.29 is 14.4 Å². The molecule has 5 nitrogen and oxygen atoms in total. The van der Waals surface area contributed by atoms with Gasteiger partial charge in [-0.2, -0.15) is 5.01 Å². The van der Waals surface area contributed by atoms with Gasteiger partial charge in [-0.25, -0.2) is 0 Å². The minimum absolute atomic E-state index is 0.145. The highest BCUT2D eigenvalue weighted by atomic mass is 32.1. The van der Waals surface area contributed by atoms with Crippen LogP contribution in [0, 0.1) is 30.6 Å². The summed E-state index contributed by atoms with van der Waals surface area (Å²) in [6.45, 7) is 6.11. The molecule has 6 heteroatoms. The first-order chi connectivity index (χ1) is 14.4. The predicted molar refractivity (Wildman–Crippen MR) is 115 cm³/mol. The van der Waals surface area contributed by atoms with Gasteiger partial charge in [-0.3, -0.25) is 19.8 Å². The van der Waals surface area contributed by atoms with Crippen molar-refractivity contribution in [1.82, 2.24) is 10.4 Å². The molecule has 3 aliphatic rings. The molecular weight excluding hydrogens is 396 g/mol. The fourth-order valence-corrected chi connectivity index (χ4v) is 6.71. The van der Waals surface area contributed by atoms with E-state index in [1.807, 2.05) is 37.3 Å². The van der Waals surface area contributed by atoms with E-state index in [1.165, 1.54) is 22.5 Å². The summed E-state index contributed by atoms with van der Waals surface area (Å²) in [7, 11) is 0. The number of allylic oxidation sites excluding steroid dienone is 2.